The number of hydrogen-bond donors (Lipinski definition) is 1. The molecule has 3 heterocycles. The van der Waals surface area contributed by atoms with Crippen molar-refractivity contribution < 1.29 is 14.3 Å². The molecule has 2 unspecified atom stereocenters. The van der Waals surface area contributed by atoms with E-state index in [1.54, 1.807) is 17.0 Å². The van der Waals surface area contributed by atoms with Crippen LogP contribution in [0.3, 0.4) is 0 Å². The predicted octanol–water partition coefficient (Wildman–Crippen LogP) is 3.07. The van der Waals surface area contributed by atoms with Crippen LogP contribution < -0.4 is 5.63 Å². The summed E-state index contributed by atoms with van der Waals surface area (Å²) in [6, 6.07) is 5.31. The van der Waals surface area contributed by atoms with Crippen molar-refractivity contribution >= 4 is 16.9 Å². The van der Waals surface area contributed by atoms with E-state index in [-0.39, 0.29) is 18.1 Å². The van der Waals surface area contributed by atoms with Gasteiger partial charge in [-0.15, -0.1) is 0 Å². The Labute approximate surface area is 171 Å². The quantitative estimate of drug-likeness (QED) is 0.802. The first-order valence-corrected chi connectivity index (χ1v) is 10.7. The molecule has 1 N–H and O–H groups in total. The van der Waals surface area contributed by atoms with Gasteiger partial charge in [0.2, 0.25) is 5.91 Å². The number of amides is 1. The van der Waals surface area contributed by atoms with Gasteiger partial charge in [0.1, 0.15) is 11.3 Å². The van der Waals surface area contributed by atoms with Crippen LogP contribution in [0.25, 0.3) is 11.0 Å². The summed E-state index contributed by atoms with van der Waals surface area (Å²) in [5.41, 5.74) is 0.993. The number of hydrogen-bond acceptors (Lipinski definition) is 5. The molecule has 2 fully saturated rings. The zero-order valence-corrected chi connectivity index (χ0v) is 17.3. The number of aryl methyl sites for hydroxylation is 1. The fraction of sp³-hybridized carbons (Fsp3) is 0.565. The molecule has 2 aliphatic rings. The Morgan fingerprint density at radius 3 is 2.86 bits per heavy atom. The van der Waals surface area contributed by atoms with Crippen LogP contribution >= 0.6 is 0 Å². The van der Waals surface area contributed by atoms with Gasteiger partial charge in [-0.3, -0.25) is 4.79 Å². The molecule has 4 rings (SSSR count). The molecule has 1 amide bonds. The van der Waals surface area contributed by atoms with Gasteiger partial charge in [0, 0.05) is 31.1 Å². The lowest BCUT2D eigenvalue weighted by Crippen LogP contribution is -2.51. The second kappa shape index (κ2) is 8.19. The number of carbonyl (C=O) groups excluding carboxylic acids is 1. The molecule has 0 bridgehead atoms. The van der Waals surface area contributed by atoms with E-state index in [9.17, 15) is 14.7 Å². The van der Waals surface area contributed by atoms with Crippen LogP contribution in [-0.4, -0.2) is 53.5 Å². The zero-order valence-electron chi connectivity index (χ0n) is 17.3. The molecule has 0 radical (unpaired) electrons. The molecule has 156 valence electrons. The first-order chi connectivity index (χ1) is 13.9. The van der Waals surface area contributed by atoms with E-state index in [0.29, 0.717) is 23.1 Å². The van der Waals surface area contributed by atoms with Crippen molar-refractivity contribution in [2.24, 2.45) is 5.92 Å². The van der Waals surface area contributed by atoms with Crippen molar-refractivity contribution in [2.75, 3.05) is 26.7 Å². The van der Waals surface area contributed by atoms with E-state index in [1.165, 1.54) is 51.3 Å². The molecule has 2 aromatic rings. The SMILES string of the molecule is Cc1c(CC(=O)N(C)CC2CCCN3CCCCC23)c(=O)oc2cc(O)ccc12. The summed E-state index contributed by atoms with van der Waals surface area (Å²) < 4.78 is 5.36. The molecule has 29 heavy (non-hydrogen) atoms. The fourth-order valence-electron chi connectivity index (χ4n) is 5.12. The van der Waals surface area contributed by atoms with Crippen LogP contribution in [0.15, 0.2) is 27.4 Å². The van der Waals surface area contributed by atoms with Gasteiger partial charge >= 0.3 is 5.63 Å². The van der Waals surface area contributed by atoms with Crippen molar-refractivity contribution in [3.05, 3.63) is 39.7 Å². The first kappa shape index (κ1) is 20.0. The van der Waals surface area contributed by atoms with E-state index < -0.39 is 5.63 Å². The lowest BCUT2D eigenvalue weighted by molar-refractivity contribution is -0.130. The number of benzene rings is 1. The largest absolute Gasteiger partial charge is 0.508 e. The Balaban J connectivity index is 1.49. The second-order valence-corrected chi connectivity index (χ2v) is 8.63. The van der Waals surface area contributed by atoms with Gasteiger partial charge in [-0.05, 0) is 69.3 Å². The van der Waals surface area contributed by atoms with Gasteiger partial charge in [0.05, 0.1) is 12.0 Å². The van der Waals surface area contributed by atoms with E-state index in [1.807, 2.05) is 14.0 Å². The molecule has 1 aromatic heterocycles. The van der Waals surface area contributed by atoms with Crippen LogP contribution in [0.5, 0.6) is 5.75 Å². The van der Waals surface area contributed by atoms with E-state index in [2.05, 4.69) is 4.90 Å². The van der Waals surface area contributed by atoms with E-state index in [4.69, 9.17) is 4.42 Å². The molecule has 6 nitrogen and oxygen atoms in total. The van der Waals surface area contributed by atoms with Crippen molar-refractivity contribution in [2.45, 2.75) is 51.5 Å². The number of rotatable bonds is 4. The second-order valence-electron chi connectivity index (χ2n) is 8.63. The third kappa shape index (κ3) is 4.04. The highest BCUT2D eigenvalue weighted by Gasteiger charge is 2.34. The summed E-state index contributed by atoms with van der Waals surface area (Å²) in [7, 11) is 1.85. The third-order valence-electron chi connectivity index (χ3n) is 6.76. The van der Waals surface area contributed by atoms with E-state index >= 15 is 0 Å². The van der Waals surface area contributed by atoms with Gasteiger partial charge in [-0.25, -0.2) is 4.79 Å². The molecular weight excluding hydrogens is 368 g/mol. The minimum absolute atomic E-state index is 0.0442. The highest BCUT2D eigenvalue weighted by atomic mass is 16.4. The lowest BCUT2D eigenvalue weighted by atomic mass is 9.83. The average Bonchev–Trinajstić information content (AvgIpc) is 2.71. The topological polar surface area (TPSA) is 74.0 Å². The minimum atomic E-state index is -0.501. The maximum atomic E-state index is 12.9. The molecule has 2 saturated heterocycles. The average molecular weight is 399 g/mol. The van der Waals surface area contributed by atoms with Crippen molar-refractivity contribution in [1.82, 2.24) is 9.80 Å². The Morgan fingerprint density at radius 2 is 2.03 bits per heavy atom. The summed E-state index contributed by atoms with van der Waals surface area (Å²) in [5, 5.41) is 10.4. The van der Waals surface area contributed by atoms with Crippen LogP contribution in [0.1, 0.15) is 43.2 Å². The van der Waals surface area contributed by atoms with Crippen LogP contribution in [0.4, 0.5) is 0 Å². The van der Waals surface area contributed by atoms with Crippen molar-refractivity contribution in [3.8, 4) is 5.75 Å². The number of fused-ring (bicyclic) bond motifs is 2. The highest BCUT2D eigenvalue weighted by Crippen LogP contribution is 2.31. The Bertz CT molecular complexity index is 965. The number of piperidine rings is 2. The maximum Gasteiger partial charge on any atom is 0.340 e. The maximum absolute atomic E-state index is 12.9. The molecule has 2 aliphatic heterocycles. The van der Waals surface area contributed by atoms with Crippen molar-refractivity contribution in [3.63, 3.8) is 0 Å². The monoisotopic (exact) mass is 398 g/mol. The van der Waals surface area contributed by atoms with Crippen LogP contribution in [0.2, 0.25) is 0 Å². The van der Waals surface area contributed by atoms with Crippen LogP contribution in [-0.2, 0) is 11.2 Å². The van der Waals surface area contributed by atoms with Gasteiger partial charge in [-0.2, -0.15) is 0 Å². The number of phenolic OH excluding ortho intramolecular Hbond substituents is 1. The fourth-order valence-corrected chi connectivity index (χ4v) is 5.12. The summed E-state index contributed by atoms with van der Waals surface area (Å²) >= 11 is 0. The van der Waals surface area contributed by atoms with Crippen LogP contribution in [0, 0.1) is 12.8 Å². The predicted molar refractivity (Wildman–Crippen MR) is 112 cm³/mol. The minimum Gasteiger partial charge on any atom is -0.508 e. The Hall–Kier alpha value is -2.34. The number of carbonyl (C=O) groups is 1. The highest BCUT2D eigenvalue weighted by molar-refractivity contribution is 5.85. The molecule has 0 aliphatic carbocycles. The third-order valence-corrected chi connectivity index (χ3v) is 6.76. The van der Waals surface area contributed by atoms with Gasteiger partial charge in [0.15, 0.2) is 0 Å². The summed E-state index contributed by atoms with van der Waals surface area (Å²) in [4.78, 5) is 29.8. The number of likely N-dealkylation sites (N-methyl/N-ethyl adjacent to an activating group) is 1. The van der Waals surface area contributed by atoms with Gasteiger partial charge in [-0.1, -0.05) is 6.42 Å². The lowest BCUT2D eigenvalue weighted by Gasteiger charge is -2.45. The summed E-state index contributed by atoms with van der Waals surface area (Å²) in [6.45, 7) is 4.95. The molecule has 2 atom stereocenters. The van der Waals surface area contributed by atoms with Gasteiger partial charge in [0.25, 0.3) is 0 Å². The number of aromatic hydroxyl groups is 1. The van der Waals surface area contributed by atoms with Crippen molar-refractivity contribution in [1.29, 1.82) is 0 Å². The van der Waals surface area contributed by atoms with Gasteiger partial charge < -0.3 is 19.3 Å². The summed E-state index contributed by atoms with van der Waals surface area (Å²) in [6.07, 6.45) is 6.20. The summed E-state index contributed by atoms with van der Waals surface area (Å²) in [5.74, 6) is 0.509. The first-order valence-electron chi connectivity index (χ1n) is 10.7. The van der Waals surface area contributed by atoms with E-state index in [0.717, 1.165) is 17.5 Å². The smallest absolute Gasteiger partial charge is 0.340 e. The molecule has 6 heteroatoms. The molecule has 0 spiro atoms. The standard InChI is InChI=1S/C23H30N2O4/c1-15-18-9-8-17(26)12-21(18)29-23(28)19(15)13-22(27)24(2)14-16-6-5-11-25-10-4-3-7-20(16)25/h8-9,12,16,20,26H,3-7,10-11,13-14H2,1-2H3. The Kier molecular flexibility index (Phi) is 5.63. The number of phenols is 1. The molecule has 0 saturated carbocycles. The Morgan fingerprint density at radius 1 is 1.24 bits per heavy atom. The number of nitrogens with zero attached hydrogens (tertiary/aromatic N) is 2. The molecular formula is C23H30N2O4. The normalized spacial score (nSPS) is 22.4. The molecule has 1 aromatic carbocycles. The zero-order chi connectivity index (χ0) is 20.5.